The summed E-state index contributed by atoms with van der Waals surface area (Å²) in [5.74, 6) is 0.275. The zero-order valence-electron chi connectivity index (χ0n) is 17.5. The lowest BCUT2D eigenvalue weighted by Gasteiger charge is -2.13. The summed E-state index contributed by atoms with van der Waals surface area (Å²) in [4.78, 5) is 4.28. The molecule has 6 nitrogen and oxygen atoms in total. The summed E-state index contributed by atoms with van der Waals surface area (Å²) in [5, 5.41) is 2.19. The van der Waals surface area contributed by atoms with Crippen molar-refractivity contribution in [2.45, 2.75) is 37.5 Å². The molecule has 3 N–H and O–H groups in total. The van der Waals surface area contributed by atoms with E-state index in [1.807, 2.05) is 12.1 Å². The van der Waals surface area contributed by atoms with E-state index in [9.17, 15) is 8.42 Å². The Bertz CT molecular complexity index is 1100. The van der Waals surface area contributed by atoms with E-state index in [-0.39, 0.29) is 16.3 Å². The number of sulfonamides is 1. The van der Waals surface area contributed by atoms with Crippen LogP contribution in [0.2, 0.25) is 1.41 Å². The Morgan fingerprint density at radius 2 is 1.97 bits per heavy atom. The number of nitrogens with zero attached hydrogens (tertiary/aromatic N) is 1. The summed E-state index contributed by atoms with van der Waals surface area (Å²) in [7, 11) is -2.65. The van der Waals surface area contributed by atoms with Gasteiger partial charge in [0, 0.05) is 10.9 Å². The molecule has 0 unspecified atom stereocenters. The predicted molar refractivity (Wildman–Crippen MR) is 119 cm³/mol. The van der Waals surface area contributed by atoms with E-state index >= 15 is 0 Å². The van der Waals surface area contributed by atoms with Crippen LogP contribution < -0.4 is 15.2 Å². The van der Waals surface area contributed by atoms with Crippen LogP contribution in [0.25, 0.3) is 11.3 Å². The highest BCUT2D eigenvalue weighted by atomic mass is 32.2. The summed E-state index contributed by atoms with van der Waals surface area (Å²) in [6.07, 6.45) is 4.25. The van der Waals surface area contributed by atoms with Crippen molar-refractivity contribution in [1.29, 1.82) is 0 Å². The molecule has 0 spiro atoms. The zero-order chi connectivity index (χ0) is 21.7. The number of nitrogens with two attached hydrogens (primary N) is 1. The Balaban J connectivity index is 1.91. The molecular formula is C21H25N3O3S2. The normalized spacial score (nSPS) is 11.9. The van der Waals surface area contributed by atoms with Crippen molar-refractivity contribution in [3.8, 4) is 17.0 Å². The Kier molecular flexibility index (Phi) is 6.31. The molecule has 2 aromatic carbocycles. The van der Waals surface area contributed by atoms with Gasteiger partial charge in [-0.15, -0.1) is 11.3 Å². The monoisotopic (exact) mass is 432 g/mol. The van der Waals surface area contributed by atoms with Gasteiger partial charge in [-0.2, -0.15) is 0 Å². The third kappa shape index (κ3) is 5.27. The highest BCUT2D eigenvalue weighted by molar-refractivity contribution is 7.92. The number of aromatic nitrogens is 1. The first-order valence-electron chi connectivity index (χ1n) is 9.84. The molecule has 8 heteroatoms. The molecule has 1 heterocycles. The van der Waals surface area contributed by atoms with Gasteiger partial charge < -0.3 is 10.5 Å². The van der Waals surface area contributed by atoms with Crippen molar-refractivity contribution in [2.24, 2.45) is 0 Å². The third-order valence-corrected chi connectivity index (χ3v) is 6.48. The fraction of sp³-hybridized carbons (Fsp3) is 0.286. The van der Waals surface area contributed by atoms with Crippen LogP contribution >= 0.6 is 11.3 Å². The van der Waals surface area contributed by atoms with Gasteiger partial charge in [0.05, 0.1) is 23.4 Å². The van der Waals surface area contributed by atoms with Gasteiger partial charge in [-0.05, 0) is 48.7 Å². The van der Waals surface area contributed by atoms with E-state index in [0.717, 1.165) is 31.2 Å². The van der Waals surface area contributed by atoms with E-state index in [0.29, 0.717) is 21.1 Å². The largest absolute Gasteiger partial charge is 0.495 e. The fourth-order valence-corrected chi connectivity index (χ4v) is 4.49. The van der Waals surface area contributed by atoms with Crippen molar-refractivity contribution in [3.63, 3.8) is 0 Å². The molecule has 0 saturated heterocycles. The van der Waals surface area contributed by atoms with Crippen molar-refractivity contribution in [2.75, 3.05) is 17.6 Å². The molecule has 3 rings (SSSR count). The Hall–Kier alpha value is -2.58. The number of aryl methyl sites for hydroxylation is 1. The molecule has 0 aliphatic rings. The Morgan fingerprint density at radius 1 is 1.21 bits per heavy atom. The first kappa shape index (κ1) is 19.7. The minimum absolute atomic E-state index is 0.0575. The van der Waals surface area contributed by atoms with E-state index in [1.165, 1.54) is 18.4 Å². The second kappa shape index (κ2) is 9.28. The lowest BCUT2D eigenvalue weighted by molar-refractivity contribution is 0.417. The maximum absolute atomic E-state index is 13.1. The molecule has 0 amide bonds. The van der Waals surface area contributed by atoms with Crippen LogP contribution in [-0.4, -0.2) is 20.5 Å². The number of nitrogens with one attached hydrogen (secondary N) is 1. The van der Waals surface area contributed by atoms with Crippen molar-refractivity contribution in [3.05, 3.63) is 53.4 Å². The number of methoxy groups -OCH3 is 1. The van der Waals surface area contributed by atoms with Crippen LogP contribution in [-0.2, 0) is 16.4 Å². The molecule has 1 aromatic heterocycles. The Labute approximate surface area is 177 Å². The van der Waals surface area contributed by atoms with Crippen LogP contribution in [0.5, 0.6) is 5.75 Å². The van der Waals surface area contributed by atoms with Gasteiger partial charge >= 0.3 is 0 Å². The number of unbranched alkanes of at least 4 members (excludes halogenated alkanes) is 2. The molecule has 0 aliphatic heterocycles. The number of nitrogen functional groups attached to an aromatic ring is 1. The molecule has 154 valence electrons. The van der Waals surface area contributed by atoms with Gasteiger partial charge in [0.1, 0.15) is 5.75 Å². The zero-order valence-corrected chi connectivity index (χ0v) is 18.1. The number of thiazole rings is 1. The minimum Gasteiger partial charge on any atom is -0.495 e. The summed E-state index contributed by atoms with van der Waals surface area (Å²) < 4.78 is 40.3. The van der Waals surface area contributed by atoms with Gasteiger partial charge in [0.25, 0.3) is 10.0 Å². The van der Waals surface area contributed by atoms with E-state index in [1.54, 1.807) is 35.7 Å². The van der Waals surface area contributed by atoms with Crippen molar-refractivity contribution in [1.82, 2.24) is 4.98 Å². The minimum atomic E-state index is -4.08. The lowest BCUT2D eigenvalue weighted by Crippen LogP contribution is -2.13. The maximum Gasteiger partial charge on any atom is 0.262 e. The summed E-state index contributed by atoms with van der Waals surface area (Å²) in [6.45, 7) is 2.14. The number of ether oxygens (including phenoxy) is 1. The van der Waals surface area contributed by atoms with E-state index in [4.69, 9.17) is 11.9 Å². The molecule has 0 radical (unpaired) electrons. The molecule has 0 fully saturated rings. The highest BCUT2D eigenvalue weighted by Crippen LogP contribution is 2.33. The Morgan fingerprint density at radius 3 is 2.59 bits per heavy atom. The number of hydrogen-bond acceptors (Lipinski definition) is 6. The molecule has 3 aromatic rings. The molecule has 0 aliphatic carbocycles. The third-order valence-electron chi connectivity index (χ3n) is 4.51. The first-order valence-corrected chi connectivity index (χ1v) is 11.7. The van der Waals surface area contributed by atoms with Crippen LogP contribution in [0.15, 0.2) is 52.7 Å². The van der Waals surface area contributed by atoms with Crippen LogP contribution in [0.1, 0.15) is 31.7 Å². The smallest absolute Gasteiger partial charge is 0.262 e. The predicted octanol–water partition coefficient (Wildman–Crippen LogP) is 4.93. The second-order valence-electron chi connectivity index (χ2n) is 6.63. The number of benzene rings is 2. The fourth-order valence-electron chi connectivity index (χ4n) is 2.93. The summed E-state index contributed by atoms with van der Waals surface area (Å²) in [5.41, 5.74) is 8.16. The standard InChI is InChI=1S/C21H25N3O3S2/c1-3-4-5-6-15-7-10-17(11-8-15)29(25,26)24-18-13-16(9-12-20(18)27-2)19-14-28-21(22)23-19/h7-14,24H,3-6H2,1-2H3,(H2,22,23)/i/hD. The molecular weight excluding hydrogens is 406 g/mol. The van der Waals surface area contributed by atoms with Gasteiger partial charge in [-0.1, -0.05) is 31.9 Å². The van der Waals surface area contributed by atoms with E-state index in [2.05, 4.69) is 11.9 Å². The number of rotatable bonds is 9. The summed E-state index contributed by atoms with van der Waals surface area (Å²) >= 11 is 1.29. The average Bonchev–Trinajstić information content (AvgIpc) is 3.19. The molecule has 0 saturated carbocycles. The number of hydrogen-bond donors (Lipinski definition) is 2. The van der Waals surface area contributed by atoms with Gasteiger partial charge in [0.2, 0.25) is 0 Å². The van der Waals surface area contributed by atoms with Gasteiger partial charge in [-0.3, -0.25) is 4.72 Å². The van der Waals surface area contributed by atoms with Crippen molar-refractivity contribution >= 4 is 32.2 Å². The van der Waals surface area contributed by atoms with Crippen molar-refractivity contribution < 1.29 is 14.6 Å². The lowest BCUT2D eigenvalue weighted by atomic mass is 10.1. The number of anilines is 2. The highest BCUT2D eigenvalue weighted by Gasteiger charge is 2.18. The summed E-state index contributed by atoms with van der Waals surface area (Å²) in [6, 6.07) is 11.7. The van der Waals surface area contributed by atoms with Crippen LogP contribution in [0.3, 0.4) is 0 Å². The van der Waals surface area contributed by atoms with Gasteiger partial charge in [-0.25, -0.2) is 13.4 Å². The molecule has 0 atom stereocenters. The topological polar surface area (TPSA) is 94.3 Å². The quantitative estimate of drug-likeness (QED) is 0.467. The van der Waals surface area contributed by atoms with Crippen LogP contribution in [0.4, 0.5) is 10.8 Å². The van der Waals surface area contributed by atoms with E-state index < -0.39 is 10.0 Å². The molecule has 29 heavy (non-hydrogen) atoms. The molecule has 0 bridgehead atoms. The SMILES string of the molecule is [2H]N(c1cc(-c2csc(N)n2)ccc1OC)S(=O)(=O)c1ccc(CCCCC)cc1. The average molecular weight is 433 g/mol. The first-order chi connectivity index (χ1) is 14.4. The van der Waals surface area contributed by atoms with Crippen LogP contribution in [0, 0.1) is 0 Å². The second-order valence-corrected chi connectivity index (χ2v) is 9.12. The maximum atomic E-state index is 13.1. The van der Waals surface area contributed by atoms with Gasteiger partial charge in [0.15, 0.2) is 6.54 Å².